The number of phenolic OH excluding ortho intramolecular Hbond substituents is 1. The van der Waals surface area contributed by atoms with Crippen molar-refractivity contribution in [2.45, 2.75) is 32.6 Å². The minimum Gasteiger partial charge on any atom is -0.508 e. The van der Waals surface area contributed by atoms with Crippen molar-refractivity contribution in [1.82, 2.24) is 0 Å². The normalized spacial score (nSPS) is 17.9. The van der Waals surface area contributed by atoms with Gasteiger partial charge < -0.3 is 16.2 Å². The van der Waals surface area contributed by atoms with Gasteiger partial charge in [-0.25, -0.2) is 0 Å². The molecule has 1 amide bonds. The largest absolute Gasteiger partial charge is 0.508 e. The number of benzene rings is 1. The third-order valence-electron chi connectivity index (χ3n) is 3.54. The number of nitrogens with two attached hydrogens (primary N) is 1. The van der Waals surface area contributed by atoms with Gasteiger partial charge in [0.15, 0.2) is 0 Å². The molecule has 0 radical (unpaired) electrons. The number of carbonyl (C=O) groups is 1. The molecule has 4 N–H and O–H groups in total. The summed E-state index contributed by atoms with van der Waals surface area (Å²) in [6, 6.07) is 4.58. The van der Waals surface area contributed by atoms with Crippen molar-refractivity contribution < 1.29 is 9.90 Å². The van der Waals surface area contributed by atoms with Gasteiger partial charge >= 0.3 is 0 Å². The highest BCUT2D eigenvalue weighted by Gasteiger charge is 2.36. The van der Waals surface area contributed by atoms with E-state index in [0.29, 0.717) is 11.4 Å². The predicted octanol–water partition coefficient (Wildman–Crippen LogP) is 2.49. The topological polar surface area (TPSA) is 75.3 Å². The Morgan fingerprint density at radius 1 is 1.41 bits per heavy atom. The zero-order valence-electron chi connectivity index (χ0n) is 9.99. The molecular weight excluding hydrogens is 216 g/mol. The summed E-state index contributed by atoms with van der Waals surface area (Å²) in [4.78, 5) is 12.1. The number of hydrogen-bond acceptors (Lipinski definition) is 3. The van der Waals surface area contributed by atoms with Gasteiger partial charge in [-0.05, 0) is 25.0 Å². The lowest BCUT2D eigenvalue weighted by molar-refractivity contribution is -0.124. The van der Waals surface area contributed by atoms with Crippen LogP contribution in [-0.2, 0) is 4.79 Å². The van der Waals surface area contributed by atoms with Gasteiger partial charge in [-0.3, -0.25) is 4.79 Å². The van der Waals surface area contributed by atoms with Crippen LogP contribution in [0.1, 0.15) is 32.6 Å². The molecule has 0 saturated heterocycles. The maximum absolute atomic E-state index is 12.1. The van der Waals surface area contributed by atoms with Crippen molar-refractivity contribution >= 4 is 17.3 Å². The lowest BCUT2D eigenvalue weighted by atomic mass is 9.88. The molecule has 0 aliphatic heterocycles. The van der Waals surface area contributed by atoms with Crippen LogP contribution in [0, 0.1) is 5.41 Å². The predicted molar refractivity (Wildman–Crippen MR) is 67.7 cm³/mol. The fraction of sp³-hybridized carbons (Fsp3) is 0.462. The molecule has 0 unspecified atom stereocenters. The first-order valence-electron chi connectivity index (χ1n) is 5.91. The fourth-order valence-electron chi connectivity index (χ4n) is 2.32. The molecule has 0 aromatic heterocycles. The quantitative estimate of drug-likeness (QED) is 0.543. The summed E-state index contributed by atoms with van der Waals surface area (Å²) < 4.78 is 0. The van der Waals surface area contributed by atoms with Gasteiger partial charge in [0.2, 0.25) is 5.91 Å². The highest BCUT2D eigenvalue weighted by molar-refractivity contribution is 5.97. The van der Waals surface area contributed by atoms with Crippen molar-refractivity contribution in [2.75, 3.05) is 11.1 Å². The van der Waals surface area contributed by atoms with E-state index in [-0.39, 0.29) is 17.1 Å². The van der Waals surface area contributed by atoms with Crippen LogP contribution in [0.4, 0.5) is 11.4 Å². The van der Waals surface area contributed by atoms with E-state index in [1.165, 1.54) is 12.1 Å². The number of anilines is 2. The Hall–Kier alpha value is -1.71. The van der Waals surface area contributed by atoms with Crippen LogP contribution in [-0.4, -0.2) is 11.0 Å². The second-order valence-electron chi connectivity index (χ2n) is 4.99. The Labute approximate surface area is 101 Å². The van der Waals surface area contributed by atoms with Gasteiger partial charge in [0, 0.05) is 11.5 Å². The van der Waals surface area contributed by atoms with Gasteiger partial charge in [0.25, 0.3) is 0 Å². The smallest absolute Gasteiger partial charge is 0.230 e. The molecular formula is C13H18N2O2. The Balaban J connectivity index is 2.13. The first-order chi connectivity index (χ1) is 8.01. The SMILES string of the molecule is CC1(C(=O)Nc2ccc(O)cc2N)CCCC1. The Bertz CT molecular complexity index is 437. The maximum atomic E-state index is 12.1. The first kappa shape index (κ1) is 11.8. The fourth-order valence-corrected chi connectivity index (χ4v) is 2.32. The summed E-state index contributed by atoms with van der Waals surface area (Å²) in [5, 5.41) is 12.1. The van der Waals surface area contributed by atoms with E-state index in [1.54, 1.807) is 6.07 Å². The van der Waals surface area contributed by atoms with Crippen LogP contribution in [0.25, 0.3) is 0 Å². The molecule has 4 nitrogen and oxygen atoms in total. The van der Waals surface area contributed by atoms with Crippen LogP contribution in [0.2, 0.25) is 0 Å². The third-order valence-corrected chi connectivity index (χ3v) is 3.54. The van der Waals surface area contributed by atoms with Crippen molar-refractivity contribution in [3.8, 4) is 5.75 Å². The molecule has 1 aliphatic carbocycles. The monoisotopic (exact) mass is 234 g/mol. The molecule has 0 heterocycles. The summed E-state index contributed by atoms with van der Waals surface area (Å²) in [6.07, 6.45) is 4.07. The Morgan fingerprint density at radius 3 is 2.65 bits per heavy atom. The molecule has 4 heteroatoms. The number of nitrogens with one attached hydrogen (secondary N) is 1. The number of nitrogen functional groups attached to an aromatic ring is 1. The molecule has 0 bridgehead atoms. The second-order valence-corrected chi connectivity index (χ2v) is 4.99. The standard InChI is InChI=1S/C13H18N2O2/c1-13(6-2-3-7-13)12(17)15-11-5-4-9(16)8-10(11)14/h4-5,8,16H,2-3,6-7,14H2,1H3,(H,15,17). The average Bonchev–Trinajstić information content (AvgIpc) is 2.71. The molecule has 1 aromatic carbocycles. The number of carbonyl (C=O) groups excluding carboxylic acids is 1. The third kappa shape index (κ3) is 2.35. The van der Waals surface area contributed by atoms with E-state index in [1.807, 2.05) is 6.92 Å². The van der Waals surface area contributed by atoms with Crippen molar-refractivity contribution in [3.05, 3.63) is 18.2 Å². The van der Waals surface area contributed by atoms with Crippen LogP contribution in [0.5, 0.6) is 5.75 Å². The summed E-state index contributed by atoms with van der Waals surface area (Å²) in [5.74, 6) is 0.125. The van der Waals surface area contributed by atoms with E-state index in [0.717, 1.165) is 25.7 Å². The summed E-state index contributed by atoms with van der Waals surface area (Å²) in [6.45, 7) is 1.99. The Kier molecular flexibility index (Phi) is 2.96. The van der Waals surface area contributed by atoms with Gasteiger partial charge in [0.05, 0.1) is 11.4 Å². The molecule has 0 spiro atoms. The maximum Gasteiger partial charge on any atom is 0.230 e. The van der Waals surface area contributed by atoms with E-state index in [2.05, 4.69) is 5.32 Å². The van der Waals surface area contributed by atoms with Crippen molar-refractivity contribution in [3.63, 3.8) is 0 Å². The molecule has 1 fully saturated rings. The summed E-state index contributed by atoms with van der Waals surface area (Å²) >= 11 is 0. The molecule has 0 atom stereocenters. The lowest BCUT2D eigenvalue weighted by Gasteiger charge is -2.22. The minimum atomic E-state index is -0.273. The van der Waals surface area contributed by atoms with Gasteiger partial charge in [0.1, 0.15) is 5.75 Å². The molecule has 2 rings (SSSR count). The van der Waals surface area contributed by atoms with Crippen LogP contribution < -0.4 is 11.1 Å². The molecule has 1 aromatic rings. The minimum absolute atomic E-state index is 0.0207. The lowest BCUT2D eigenvalue weighted by Crippen LogP contribution is -2.31. The average molecular weight is 234 g/mol. The Morgan fingerprint density at radius 2 is 2.06 bits per heavy atom. The van der Waals surface area contributed by atoms with Gasteiger partial charge in [-0.1, -0.05) is 19.8 Å². The van der Waals surface area contributed by atoms with Gasteiger partial charge in [-0.15, -0.1) is 0 Å². The van der Waals surface area contributed by atoms with Gasteiger partial charge in [-0.2, -0.15) is 0 Å². The van der Waals surface area contributed by atoms with Crippen LogP contribution >= 0.6 is 0 Å². The van der Waals surface area contributed by atoms with Crippen molar-refractivity contribution in [2.24, 2.45) is 5.41 Å². The van der Waals surface area contributed by atoms with Crippen LogP contribution in [0.3, 0.4) is 0 Å². The number of amides is 1. The second kappa shape index (κ2) is 4.28. The van der Waals surface area contributed by atoms with E-state index >= 15 is 0 Å². The first-order valence-corrected chi connectivity index (χ1v) is 5.91. The van der Waals surface area contributed by atoms with E-state index < -0.39 is 0 Å². The van der Waals surface area contributed by atoms with E-state index in [4.69, 9.17) is 5.73 Å². The zero-order chi connectivity index (χ0) is 12.5. The number of hydrogen-bond donors (Lipinski definition) is 3. The molecule has 92 valence electrons. The molecule has 1 saturated carbocycles. The zero-order valence-corrected chi connectivity index (χ0v) is 9.99. The highest BCUT2D eigenvalue weighted by Crippen LogP contribution is 2.39. The van der Waals surface area contributed by atoms with E-state index in [9.17, 15) is 9.90 Å². The number of rotatable bonds is 2. The summed E-state index contributed by atoms with van der Waals surface area (Å²) in [5.41, 5.74) is 6.42. The molecule has 17 heavy (non-hydrogen) atoms. The summed E-state index contributed by atoms with van der Waals surface area (Å²) in [7, 11) is 0. The highest BCUT2D eigenvalue weighted by atomic mass is 16.3. The van der Waals surface area contributed by atoms with Crippen LogP contribution in [0.15, 0.2) is 18.2 Å². The molecule has 1 aliphatic rings. The number of phenols is 1. The van der Waals surface area contributed by atoms with Crippen molar-refractivity contribution in [1.29, 1.82) is 0 Å². The number of aromatic hydroxyl groups is 1.